The van der Waals surface area contributed by atoms with E-state index in [2.05, 4.69) is 10.3 Å². The first-order valence-electron chi connectivity index (χ1n) is 5.90. The van der Waals surface area contributed by atoms with Gasteiger partial charge >= 0.3 is 0 Å². The number of aromatic nitrogens is 1. The first kappa shape index (κ1) is 10.5. The van der Waals surface area contributed by atoms with E-state index in [0.29, 0.717) is 17.9 Å². The third-order valence-corrected chi connectivity index (χ3v) is 3.29. The molecule has 1 aliphatic heterocycles. The van der Waals surface area contributed by atoms with Gasteiger partial charge in [-0.2, -0.15) is 0 Å². The number of Topliss-reactive ketones (excluding diaryl/α,β-unsaturated/α-hetero) is 1. The first-order chi connectivity index (χ1) is 8.33. The lowest BCUT2D eigenvalue weighted by molar-refractivity contribution is 0.0964. The van der Waals surface area contributed by atoms with Crippen LogP contribution in [0, 0.1) is 5.92 Å². The monoisotopic (exact) mass is 230 g/mol. The molecule has 1 aliphatic rings. The van der Waals surface area contributed by atoms with Crippen LogP contribution in [0.4, 0.5) is 0 Å². The number of fused-ring (bicyclic) bond motifs is 1. The minimum absolute atomic E-state index is 0.192. The van der Waals surface area contributed by atoms with Gasteiger partial charge in [0.15, 0.2) is 17.8 Å². The molecule has 2 aromatic rings. The molecule has 0 aliphatic carbocycles. The standard InChI is InChI=1S/C13H14N2O2/c16-12(5-9-3-4-14-7-9)10-1-2-11-13(6-10)17-8-15-11/h1-2,6,8-9,14H,3-5,7H2. The Hall–Kier alpha value is -1.68. The minimum Gasteiger partial charge on any atom is -0.443 e. The molecule has 0 radical (unpaired) electrons. The van der Waals surface area contributed by atoms with Gasteiger partial charge in [0.2, 0.25) is 0 Å². The highest BCUT2D eigenvalue weighted by Crippen LogP contribution is 2.19. The van der Waals surface area contributed by atoms with Crippen LogP contribution < -0.4 is 5.32 Å². The topological polar surface area (TPSA) is 55.1 Å². The number of nitrogens with one attached hydrogen (secondary N) is 1. The van der Waals surface area contributed by atoms with E-state index in [1.165, 1.54) is 6.39 Å². The molecule has 3 rings (SSSR count). The van der Waals surface area contributed by atoms with Crippen LogP contribution in [0.3, 0.4) is 0 Å². The van der Waals surface area contributed by atoms with Gasteiger partial charge in [-0.3, -0.25) is 4.79 Å². The van der Waals surface area contributed by atoms with Gasteiger partial charge in [0, 0.05) is 12.0 Å². The van der Waals surface area contributed by atoms with Crippen molar-refractivity contribution in [1.82, 2.24) is 10.3 Å². The summed E-state index contributed by atoms with van der Waals surface area (Å²) in [6.07, 6.45) is 3.11. The van der Waals surface area contributed by atoms with Crippen molar-refractivity contribution in [2.45, 2.75) is 12.8 Å². The lowest BCUT2D eigenvalue weighted by Gasteiger charge is -2.06. The van der Waals surface area contributed by atoms with Crippen molar-refractivity contribution in [2.75, 3.05) is 13.1 Å². The molecular weight excluding hydrogens is 216 g/mol. The smallest absolute Gasteiger partial charge is 0.181 e. The van der Waals surface area contributed by atoms with Crippen LogP contribution in [0.2, 0.25) is 0 Å². The Morgan fingerprint density at radius 1 is 1.53 bits per heavy atom. The maximum atomic E-state index is 12.1. The molecule has 4 heteroatoms. The number of benzene rings is 1. The van der Waals surface area contributed by atoms with Gasteiger partial charge < -0.3 is 9.73 Å². The Morgan fingerprint density at radius 2 is 2.47 bits per heavy atom. The Bertz CT molecular complexity index is 541. The fraction of sp³-hybridized carbons (Fsp3) is 0.385. The van der Waals surface area contributed by atoms with Crippen LogP contribution in [-0.2, 0) is 0 Å². The summed E-state index contributed by atoms with van der Waals surface area (Å²) in [5, 5.41) is 3.27. The van der Waals surface area contributed by atoms with Gasteiger partial charge in [-0.15, -0.1) is 0 Å². The average molecular weight is 230 g/mol. The van der Waals surface area contributed by atoms with Crippen molar-refractivity contribution in [3.05, 3.63) is 30.2 Å². The molecule has 1 N–H and O–H groups in total. The summed E-state index contributed by atoms with van der Waals surface area (Å²) in [6.45, 7) is 1.98. The van der Waals surface area contributed by atoms with Gasteiger partial charge in [0.05, 0.1) is 0 Å². The summed E-state index contributed by atoms with van der Waals surface area (Å²) in [5.41, 5.74) is 2.20. The molecule has 1 saturated heterocycles. The Balaban J connectivity index is 1.79. The number of hydrogen-bond donors (Lipinski definition) is 1. The van der Waals surface area contributed by atoms with Crippen molar-refractivity contribution < 1.29 is 9.21 Å². The number of carbonyl (C=O) groups excluding carboxylic acids is 1. The third kappa shape index (κ3) is 2.08. The second kappa shape index (κ2) is 4.30. The van der Waals surface area contributed by atoms with Crippen molar-refractivity contribution in [2.24, 2.45) is 5.92 Å². The zero-order valence-corrected chi connectivity index (χ0v) is 9.48. The minimum atomic E-state index is 0.192. The van der Waals surface area contributed by atoms with E-state index in [0.717, 1.165) is 30.6 Å². The number of rotatable bonds is 3. The molecule has 1 atom stereocenters. The van der Waals surface area contributed by atoms with Crippen LogP contribution in [0.5, 0.6) is 0 Å². The highest BCUT2D eigenvalue weighted by atomic mass is 16.3. The van der Waals surface area contributed by atoms with E-state index in [9.17, 15) is 4.79 Å². The molecule has 1 aromatic heterocycles. The second-order valence-electron chi connectivity index (χ2n) is 4.52. The van der Waals surface area contributed by atoms with Crippen molar-refractivity contribution in [3.8, 4) is 0 Å². The summed E-state index contributed by atoms with van der Waals surface area (Å²) >= 11 is 0. The molecule has 17 heavy (non-hydrogen) atoms. The van der Waals surface area contributed by atoms with Crippen LogP contribution in [0.25, 0.3) is 11.1 Å². The quantitative estimate of drug-likeness (QED) is 0.819. The predicted octanol–water partition coefficient (Wildman–Crippen LogP) is 2.01. The molecule has 0 saturated carbocycles. The number of ketones is 1. The summed E-state index contributed by atoms with van der Waals surface area (Å²) in [6, 6.07) is 5.45. The van der Waals surface area contributed by atoms with E-state index in [-0.39, 0.29) is 5.78 Å². The second-order valence-corrected chi connectivity index (χ2v) is 4.52. The van der Waals surface area contributed by atoms with Crippen LogP contribution in [0.15, 0.2) is 29.0 Å². The maximum absolute atomic E-state index is 12.1. The Labute approximate surface area is 99.0 Å². The number of carbonyl (C=O) groups is 1. The molecule has 0 bridgehead atoms. The summed E-state index contributed by atoms with van der Waals surface area (Å²) < 4.78 is 5.20. The Morgan fingerprint density at radius 3 is 3.29 bits per heavy atom. The highest BCUT2D eigenvalue weighted by Gasteiger charge is 2.19. The zero-order valence-electron chi connectivity index (χ0n) is 9.48. The van der Waals surface area contributed by atoms with E-state index < -0.39 is 0 Å². The fourth-order valence-electron chi connectivity index (χ4n) is 2.30. The first-order valence-corrected chi connectivity index (χ1v) is 5.90. The van der Waals surface area contributed by atoms with E-state index in [1.54, 1.807) is 6.07 Å². The molecule has 4 nitrogen and oxygen atoms in total. The van der Waals surface area contributed by atoms with Crippen molar-refractivity contribution in [1.29, 1.82) is 0 Å². The van der Waals surface area contributed by atoms with Crippen molar-refractivity contribution in [3.63, 3.8) is 0 Å². The molecule has 88 valence electrons. The highest BCUT2D eigenvalue weighted by molar-refractivity contribution is 5.98. The molecule has 1 fully saturated rings. The number of oxazole rings is 1. The van der Waals surface area contributed by atoms with Gasteiger partial charge in [-0.25, -0.2) is 4.98 Å². The summed E-state index contributed by atoms with van der Waals surface area (Å²) in [4.78, 5) is 16.1. The lowest BCUT2D eigenvalue weighted by atomic mass is 9.97. The van der Waals surface area contributed by atoms with E-state index in [1.807, 2.05) is 12.1 Å². The lowest BCUT2D eigenvalue weighted by Crippen LogP contribution is -2.12. The van der Waals surface area contributed by atoms with Gasteiger partial charge in [-0.05, 0) is 43.6 Å². The molecule has 0 spiro atoms. The third-order valence-electron chi connectivity index (χ3n) is 3.29. The largest absolute Gasteiger partial charge is 0.443 e. The van der Waals surface area contributed by atoms with Crippen LogP contribution >= 0.6 is 0 Å². The zero-order chi connectivity index (χ0) is 11.7. The van der Waals surface area contributed by atoms with Gasteiger partial charge in [0.25, 0.3) is 0 Å². The molecule has 0 amide bonds. The van der Waals surface area contributed by atoms with Gasteiger partial charge in [-0.1, -0.05) is 0 Å². The summed E-state index contributed by atoms with van der Waals surface area (Å²) in [7, 11) is 0. The van der Waals surface area contributed by atoms with E-state index >= 15 is 0 Å². The average Bonchev–Trinajstić information content (AvgIpc) is 2.97. The predicted molar refractivity (Wildman–Crippen MR) is 63.9 cm³/mol. The molecule has 1 unspecified atom stereocenters. The summed E-state index contributed by atoms with van der Waals surface area (Å²) in [5.74, 6) is 0.671. The molecule has 2 heterocycles. The fourth-order valence-corrected chi connectivity index (χ4v) is 2.30. The number of hydrogen-bond acceptors (Lipinski definition) is 4. The molecular formula is C13H14N2O2. The normalized spacial score (nSPS) is 19.9. The number of nitrogens with zero attached hydrogens (tertiary/aromatic N) is 1. The van der Waals surface area contributed by atoms with Gasteiger partial charge in [0.1, 0.15) is 5.52 Å². The molecule has 1 aromatic carbocycles. The van der Waals surface area contributed by atoms with Crippen LogP contribution in [0.1, 0.15) is 23.2 Å². The Kier molecular flexibility index (Phi) is 2.65. The van der Waals surface area contributed by atoms with E-state index in [4.69, 9.17) is 4.42 Å². The van der Waals surface area contributed by atoms with Crippen LogP contribution in [-0.4, -0.2) is 23.9 Å². The SMILES string of the molecule is O=C(CC1CCNC1)c1ccc2ncoc2c1. The maximum Gasteiger partial charge on any atom is 0.181 e. The van der Waals surface area contributed by atoms with Crippen molar-refractivity contribution >= 4 is 16.9 Å².